The first-order valence-corrected chi connectivity index (χ1v) is 9.07. The van der Waals surface area contributed by atoms with Crippen LogP contribution in [0.4, 0.5) is 5.69 Å². The maximum absolute atomic E-state index is 12.2. The third kappa shape index (κ3) is 4.08. The average molecular weight is 359 g/mol. The van der Waals surface area contributed by atoms with E-state index in [2.05, 4.69) is 21.4 Å². The van der Waals surface area contributed by atoms with E-state index in [1.54, 1.807) is 6.20 Å². The highest BCUT2D eigenvalue weighted by Gasteiger charge is 2.08. The molecule has 0 saturated heterocycles. The van der Waals surface area contributed by atoms with Crippen molar-refractivity contribution in [2.24, 2.45) is 0 Å². The van der Waals surface area contributed by atoms with E-state index in [9.17, 15) is 4.79 Å². The molecule has 5 heteroatoms. The molecule has 0 fully saturated rings. The van der Waals surface area contributed by atoms with Crippen molar-refractivity contribution in [1.82, 2.24) is 9.97 Å². The number of hydrogen-bond acceptors (Lipinski definition) is 3. The van der Waals surface area contributed by atoms with Crippen LogP contribution in [0.3, 0.4) is 0 Å². The van der Waals surface area contributed by atoms with Crippen LogP contribution < -0.4 is 5.32 Å². The van der Waals surface area contributed by atoms with Gasteiger partial charge in [0.05, 0.1) is 6.20 Å². The first kappa shape index (κ1) is 17.1. The van der Waals surface area contributed by atoms with Crippen molar-refractivity contribution in [1.29, 1.82) is 0 Å². The van der Waals surface area contributed by atoms with Crippen LogP contribution in [0.15, 0.2) is 65.2 Å². The molecule has 2 aromatic heterocycles. The molecule has 0 radical (unpaired) electrons. The van der Waals surface area contributed by atoms with Crippen molar-refractivity contribution >= 4 is 22.5 Å². The van der Waals surface area contributed by atoms with E-state index >= 15 is 0 Å². The maximum atomic E-state index is 12.2. The molecule has 0 spiro atoms. The van der Waals surface area contributed by atoms with Crippen LogP contribution in [-0.2, 0) is 11.2 Å². The zero-order chi connectivity index (χ0) is 18.6. The summed E-state index contributed by atoms with van der Waals surface area (Å²) < 4.78 is 5.77. The van der Waals surface area contributed by atoms with E-state index in [1.807, 2.05) is 55.5 Å². The van der Waals surface area contributed by atoms with E-state index in [0.29, 0.717) is 25.2 Å². The van der Waals surface area contributed by atoms with Gasteiger partial charge in [0, 0.05) is 40.7 Å². The molecule has 27 heavy (non-hydrogen) atoms. The molecule has 2 heterocycles. The smallest absolute Gasteiger partial charge is 0.224 e. The van der Waals surface area contributed by atoms with Gasteiger partial charge in [-0.05, 0) is 37.6 Å². The molecule has 136 valence electrons. The molecule has 0 aliphatic heterocycles. The third-order valence-electron chi connectivity index (χ3n) is 4.45. The van der Waals surface area contributed by atoms with Gasteiger partial charge in [0.25, 0.3) is 0 Å². The van der Waals surface area contributed by atoms with Crippen LogP contribution >= 0.6 is 0 Å². The van der Waals surface area contributed by atoms with Gasteiger partial charge in [0.15, 0.2) is 11.7 Å². The summed E-state index contributed by atoms with van der Waals surface area (Å²) in [5.74, 6) is 1.41. The molecular formula is C22H21N3O2. The molecule has 0 unspecified atom stereocenters. The second kappa shape index (κ2) is 7.50. The van der Waals surface area contributed by atoms with E-state index in [1.165, 1.54) is 0 Å². The molecule has 4 aromatic rings. The number of oxazole rings is 1. The average Bonchev–Trinajstić information content (AvgIpc) is 3.28. The van der Waals surface area contributed by atoms with E-state index < -0.39 is 0 Å². The van der Waals surface area contributed by atoms with Gasteiger partial charge in [-0.15, -0.1) is 0 Å². The Balaban J connectivity index is 1.29. The summed E-state index contributed by atoms with van der Waals surface area (Å²) in [5, 5.41) is 4.05. The summed E-state index contributed by atoms with van der Waals surface area (Å²) in [5.41, 5.74) is 4.00. The van der Waals surface area contributed by atoms with Crippen LogP contribution in [-0.4, -0.2) is 15.9 Å². The Morgan fingerprint density at radius 1 is 1.15 bits per heavy atom. The van der Waals surface area contributed by atoms with E-state index in [4.69, 9.17) is 4.42 Å². The summed E-state index contributed by atoms with van der Waals surface area (Å²) in [4.78, 5) is 19.8. The molecule has 2 N–H and O–H groups in total. The summed E-state index contributed by atoms with van der Waals surface area (Å²) in [7, 11) is 0. The molecule has 0 aliphatic carbocycles. The van der Waals surface area contributed by atoms with Crippen LogP contribution in [0.2, 0.25) is 0 Å². The molecule has 5 nitrogen and oxygen atoms in total. The summed E-state index contributed by atoms with van der Waals surface area (Å²) >= 11 is 0. The van der Waals surface area contributed by atoms with Crippen LogP contribution in [0.25, 0.3) is 22.2 Å². The zero-order valence-electron chi connectivity index (χ0n) is 15.2. The summed E-state index contributed by atoms with van der Waals surface area (Å²) in [6, 6.07) is 17.8. The molecule has 0 atom stereocenters. The largest absolute Gasteiger partial charge is 0.441 e. The van der Waals surface area contributed by atoms with E-state index in [-0.39, 0.29) is 5.91 Å². The van der Waals surface area contributed by atoms with Gasteiger partial charge in [-0.3, -0.25) is 4.79 Å². The number of hydrogen-bond donors (Lipinski definition) is 2. The van der Waals surface area contributed by atoms with Crippen molar-refractivity contribution in [3.63, 3.8) is 0 Å². The lowest BCUT2D eigenvalue weighted by Crippen LogP contribution is -2.11. The number of carbonyl (C=O) groups excluding carboxylic acids is 1. The number of aryl methyl sites for hydroxylation is 2. The van der Waals surface area contributed by atoms with Gasteiger partial charge in [0.2, 0.25) is 5.91 Å². The fraction of sp³-hybridized carbons (Fsp3) is 0.182. The van der Waals surface area contributed by atoms with Crippen LogP contribution in [0.5, 0.6) is 0 Å². The number of aromatic amines is 1. The predicted octanol–water partition coefficient (Wildman–Crippen LogP) is 5.09. The SMILES string of the molecule is Cc1cc2cc(NC(=O)CCCc3ncc(-c4ccccc4)o3)ccc2[nH]1. The lowest BCUT2D eigenvalue weighted by molar-refractivity contribution is -0.116. The van der Waals surface area contributed by atoms with Crippen molar-refractivity contribution in [2.75, 3.05) is 5.32 Å². The highest BCUT2D eigenvalue weighted by Crippen LogP contribution is 2.21. The van der Waals surface area contributed by atoms with Crippen molar-refractivity contribution in [3.8, 4) is 11.3 Å². The van der Waals surface area contributed by atoms with Crippen molar-refractivity contribution in [2.45, 2.75) is 26.2 Å². The number of benzene rings is 2. The van der Waals surface area contributed by atoms with Gasteiger partial charge < -0.3 is 14.7 Å². The maximum Gasteiger partial charge on any atom is 0.224 e. The van der Waals surface area contributed by atoms with Crippen LogP contribution in [0.1, 0.15) is 24.4 Å². The third-order valence-corrected chi connectivity index (χ3v) is 4.45. The summed E-state index contributed by atoms with van der Waals surface area (Å²) in [6.45, 7) is 2.02. The van der Waals surface area contributed by atoms with Gasteiger partial charge in [-0.25, -0.2) is 4.98 Å². The Kier molecular flexibility index (Phi) is 4.75. The summed E-state index contributed by atoms with van der Waals surface area (Å²) in [6.07, 6.45) is 3.48. The minimum atomic E-state index is -0.00329. The topological polar surface area (TPSA) is 70.9 Å². The Labute approximate surface area is 157 Å². The number of carbonyl (C=O) groups is 1. The second-order valence-corrected chi connectivity index (χ2v) is 6.64. The number of anilines is 1. The van der Waals surface area contributed by atoms with Gasteiger partial charge in [-0.2, -0.15) is 0 Å². The number of amides is 1. The molecule has 2 aromatic carbocycles. The minimum Gasteiger partial charge on any atom is -0.441 e. The van der Waals surface area contributed by atoms with Gasteiger partial charge in [0.1, 0.15) is 0 Å². The minimum absolute atomic E-state index is 0.00329. The number of aromatic nitrogens is 2. The van der Waals surface area contributed by atoms with Crippen molar-refractivity contribution < 1.29 is 9.21 Å². The fourth-order valence-electron chi connectivity index (χ4n) is 3.14. The lowest BCUT2D eigenvalue weighted by atomic mass is 10.2. The Morgan fingerprint density at radius 2 is 2.00 bits per heavy atom. The van der Waals surface area contributed by atoms with Gasteiger partial charge >= 0.3 is 0 Å². The van der Waals surface area contributed by atoms with Gasteiger partial charge in [-0.1, -0.05) is 30.3 Å². The second-order valence-electron chi connectivity index (χ2n) is 6.64. The molecule has 1 amide bonds. The number of nitrogens with zero attached hydrogens (tertiary/aromatic N) is 1. The quantitative estimate of drug-likeness (QED) is 0.503. The monoisotopic (exact) mass is 359 g/mol. The first-order valence-electron chi connectivity index (χ1n) is 9.07. The molecule has 0 saturated carbocycles. The molecular weight excluding hydrogens is 338 g/mol. The number of fused-ring (bicyclic) bond motifs is 1. The first-order chi connectivity index (χ1) is 13.2. The van der Waals surface area contributed by atoms with Crippen molar-refractivity contribution in [3.05, 3.63) is 72.4 Å². The Hall–Kier alpha value is -3.34. The highest BCUT2D eigenvalue weighted by molar-refractivity contribution is 5.93. The fourth-order valence-corrected chi connectivity index (χ4v) is 3.14. The lowest BCUT2D eigenvalue weighted by Gasteiger charge is -2.05. The standard InChI is InChI=1S/C22H21N3O2/c1-15-12-17-13-18(10-11-19(17)24-15)25-21(26)8-5-9-22-23-14-20(27-22)16-6-3-2-4-7-16/h2-4,6-7,10-14,24H,5,8-9H2,1H3,(H,25,26). The van der Waals surface area contributed by atoms with E-state index in [0.717, 1.165) is 33.6 Å². The van der Waals surface area contributed by atoms with Crippen LogP contribution in [0, 0.1) is 6.92 Å². The predicted molar refractivity (Wildman–Crippen MR) is 107 cm³/mol. The normalized spacial score (nSPS) is 11.0. The molecule has 4 rings (SSSR count). The Bertz CT molecular complexity index is 1060. The molecule has 0 bridgehead atoms. The number of H-pyrrole nitrogens is 1. The molecule has 0 aliphatic rings. The Morgan fingerprint density at radius 3 is 2.85 bits per heavy atom. The highest BCUT2D eigenvalue weighted by atomic mass is 16.4. The number of rotatable bonds is 6. The zero-order valence-corrected chi connectivity index (χ0v) is 15.2. The number of nitrogens with one attached hydrogen (secondary N) is 2.